The first-order chi connectivity index (χ1) is 13.6. The highest BCUT2D eigenvalue weighted by molar-refractivity contribution is 6.30. The first kappa shape index (κ1) is 18.8. The van der Waals surface area contributed by atoms with Gasteiger partial charge in [0.1, 0.15) is 12.3 Å². The van der Waals surface area contributed by atoms with Crippen molar-refractivity contribution in [1.29, 1.82) is 0 Å². The highest BCUT2D eigenvalue weighted by Crippen LogP contribution is 2.26. The van der Waals surface area contributed by atoms with E-state index in [1.165, 1.54) is 6.42 Å². The molecule has 0 radical (unpaired) electrons. The van der Waals surface area contributed by atoms with Crippen LogP contribution in [0.5, 0.6) is 5.75 Å². The van der Waals surface area contributed by atoms with Gasteiger partial charge in [0.25, 0.3) is 0 Å². The van der Waals surface area contributed by atoms with E-state index < -0.39 is 0 Å². The van der Waals surface area contributed by atoms with Gasteiger partial charge in [-0.1, -0.05) is 23.7 Å². The molecule has 0 saturated carbocycles. The first-order valence-electron chi connectivity index (χ1n) is 9.77. The molecule has 1 unspecified atom stereocenters. The van der Waals surface area contributed by atoms with Crippen molar-refractivity contribution in [1.82, 2.24) is 14.5 Å². The Bertz CT molecular complexity index is 962. The van der Waals surface area contributed by atoms with Gasteiger partial charge in [-0.05, 0) is 62.6 Å². The Morgan fingerprint density at radius 1 is 1.11 bits per heavy atom. The van der Waals surface area contributed by atoms with Crippen molar-refractivity contribution < 1.29 is 9.53 Å². The number of imidazole rings is 1. The zero-order valence-electron chi connectivity index (χ0n) is 16.0. The maximum Gasteiger partial charge on any atom is 0.242 e. The molecule has 1 aliphatic heterocycles. The number of halogens is 1. The van der Waals surface area contributed by atoms with Crippen molar-refractivity contribution in [2.45, 2.75) is 38.8 Å². The number of ether oxygens (including phenoxy) is 1. The second kappa shape index (κ2) is 8.23. The van der Waals surface area contributed by atoms with Gasteiger partial charge in [-0.2, -0.15) is 0 Å². The molecule has 5 nitrogen and oxygen atoms in total. The van der Waals surface area contributed by atoms with Gasteiger partial charge >= 0.3 is 0 Å². The van der Waals surface area contributed by atoms with Gasteiger partial charge in [0.2, 0.25) is 5.91 Å². The van der Waals surface area contributed by atoms with Crippen LogP contribution in [-0.4, -0.2) is 33.4 Å². The normalized spacial score (nSPS) is 15.6. The lowest BCUT2D eigenvalue weighted by Crippen LogP contribution is -2.38. The number of likely N-dealkylation sites (tertiary alicyclic amines) is 1. The van der Waals surface area contributed by atoms with Gasteiger partial charge in [0.05, 0.1) is 11.0 Å². The third kappa shape index (κ3) is 3.99. The van der Waals surface area contributed by atoms with Crippen LogP contribution in [0, 0.1) is 0 Å². The predicted molar refractivity (Wildman–Crippen MR) is 111 cm³/mol. The van der Waals surface area contributed by atoms with E-state index in [2.05, 4.69) is 0 Å². The molecule has 1 saturated heterocycles. The fourth-order valence-electron chi connectivity index (χ4n) is 3.72. The summed E-state index contributed by atoms with van der Waals surface area (Å²) in [7, 11) is 0. The van der Waals surface area contributed by atoms with Gasteiger partial charge in [-0.3, -0.25) is 4.79 Å². The average molecular weight is 398 g/mol. The summed E-state index contributed by atoms with van der Waals surface area (Å²) in [5.74, 6) is 1.61. The van der Waals surface area contributed by atoms with Crippen molar-refractivity contribution in [3.05, 3.63) is 59.4 Å². The minimum absolute atomic E-state index is 0.141. The van der Waals surface area contributed by atoms with Crippen molar-refractivity contribution >= 4 is 28.5 Å². The van der Waals surface area contributed by atoms with E-state index in [1.807, 2.05) is 52.8 Å². The summed E-state index contributed by atoms with van der Waals surface area (Å²) in [5, 5.41) is 0.666. The Kier molecular flexibility index (Phi) is 5.53. The van der Waals surface area contributed by atoms with Crippen LogP contribution in [0.2, 0.25) is 5.02 Å². The third-order valence-corrected chi connectivity index (χ3v) is 5.43. The molecule has 3 aromatic rings. The van der Waals surface area contributed by atoms with Crippen LogP contribution in [0.1, 0.15) is 38.1 Å². The lowest BCUT2D eigenvalue weighted by Gasteiger charge is -2.27. The number of fused-ring (bicyclic) bond motifs is 1. The maximum absolute atomic E-state index is 12.9. The number of benzene rings is 2. The zero-order valence-corrected chi connectivity index (χ0v) is 16.7. The molecule has 28 heavy (non-hydrogen) atoms. The number of amides is 1. The van der Waals surface area contributed by atoms with E-state index in [-0.39, 0.29) is 18.6 Å². The number of para-hydroxylation sites is 2. The van der Waals surface area contributed by atoms with Gasteiger partial charge in [0, 0.05) is 18.1 Å². The number of piperidine rings is 1. The number of carbonyl (C=O) groups is 1. The van der Waals surface area contributed by atoms with Crippen LogP contribution >= 0.6 is 11.6 Å². The summed E-state index contributed by atoms with van der Waals surface area (Å²) >= 11 is 5.96. The number of hydrogen-bond donors (Lipinski definition) is 0. The van der Waals surface area contributed by atoms with E-state index in [0.717, 1.165) is 48.5 Å². The average Bonchev–Trinajstić information content (AvgIpc) is 3.09. The fourth-order valence-corrected chi connectivity index (χ4v) is 3.85. The van der Waals surface area contributed by atoms with E-state index in [4.69, 9.17) is 21.3 Å². The summed E-state index contributed by atoms with van der Waals surface area (Å²) in [5.41, 5.74) is 1.82. The van der Waals surface area contributed by atoms with Crippen molar-refractivity contribution in [3.8, 4) is 5.75 Å². The van der Waals surface area contributed by atoms with Gasteiger partial charge in [-0.15, -0.1) is 0 Å². The molecule has 6 heteroatoms. The molecule has 1 atom stereocenters. The Labute approximate surface area is 169 Å². The van der Waals surface area contributed by atoms with Gasteiger partial charge < -0.3 is 14.2 Å². The second-order valence-corrected chi connectivity index (χ2v) is 7.64. The van der Waals surface area contributed by atoms with Crippen LogP contribution in [0.25, 0.3) is 11.0 Å². The number of hydrogen-bond acceptors (Lipinski definition) is 3. The third-order valence-electron chi connectivity index (χ3n) is 5.18. The Hall–Kier alpha value is -2.53. The van der Waals surface area contributed by atoms with Crippen LogP contribution in [0.4, 0.5) is 0 Å². The fraction of sp³-hybridized carbons (Fsp3) is 0.364. The molecule has 1 amide bonds. The predicted octanol–water partition coefficient (Wildman–Crippen LogP) is 4.84. The van der Waals surface area contributed by atoms with Crippen molar-refractivity contribution in [2.75, 3.05) is 13.1 Å². The Morgan fingerprint density at radius 2 is 1.82 bits per heavy atom. The SMILES string of the molecule is CC(Oc1ccc(Cl)cc1)c1nc2ccccc2n1CC(=O)N1CCCCC1. The molecule has 2 heterocycles. The molecular weight excluding hydrogens is 374 g/mol. The summed E-state index contributed by atoms with van der Waals surface area (Å²) < 4.78 is 8.08. The van der Waals surface area contributed by atoms with E-state index in [0.29, 0.717) is 5.02 Å². The molecule has 4 rings (SSSR count). The van der Waals surface area contributed by atoms with Gasteiger partial charge in [-0.25, -0.2) is 4.98 Å². The first-order valence-corrected chi connectivity index (χ1v) is 10.1. The van der Waals surface area contributed by atoms with Crippen LogP contribution in [0.15, 0.2) is 48.5 Å². The van der Waals surface area contributed by atoms with Crippen molar-refractivity contribution in [2.24, 2.45) is 0 Å². The molecule has 1 fully saturated rings. The Morgan fingerprint density at radius 3 is 2.57 bits per heavy atom. The maximum atomic E-state index is 12.9. The standard InChI is InChI=1S/C22H24ClN3O2/c1-16(28-18-11-9-17(23)10-12-18)22-24-19-7-3-4-8-20(19)26(22)15-21(27)25-13-5-2-6-14-25/h3-4,7-12,16H,2,5-6,13-15H2,1H3. The quantitative estimate of drug-likeness (QED) is 0.618. The minimum Gasteiger partial charge on any atom is -0.483 e. The van der Waals surface area contributed by atoms with Crippen LogP contribution < -0.4 is 4.74 Å². The molecule has 146 valence electrons. The molecule has 0 N–H and O–H groups in total. The van der Waals surface area contributed by atoms with E-state index >= 15 is 0 Å². The largest absolute Gasteiger partial charge is 0.483 e. The smallest absolute Gasteiger partial charge is 0.242 e. The number of aromatic nitrogens is 2. The Balaban J connectivity index is 1.62. The summed E-state index contributed by atoms with van der Waals surface area (Å²) in [6, 6.07) is 15.2. The second-order valence-electron chi connectivity index (χ2n) is 7.20. The number of rotatable bonds is 5. The summed E-state index contributed by atoms with van der Waals surface area (Å²) in [6.45, 7) is 3.93. The molecular formula is C22H24ClN3O2. The summed E-state index contributed by atoms with van der Waals surface area (Å²) in [4.78, 5) is 19.6. The topological polar surface area (TPSA) is 47.4 Å². The molecule has 1 aromatic heterocycles. The van der Waals surface area contributed by atoms with E-state index in [9.17, 15) is 4.79 Å². The van der Waals surface area contributed by atoms with E-state index in [1.54, 1.807) is 12.1 Å². The highest BCUT2D eigenvalue weighted by atomic mass is 35.5. The van der Waals surface area contributed by atoms with Crippen LogP contribution in [0.3, 0.4) is 0 Å². The number of carbonyl (C=O) groups excluding carboxylic acids is 1. The summed E-state index contributed by atoms with van der Waals surface area (Å²) in [6.07, 6.45) is 3.07. The monoisotopic (exact) mass is 397 g/mol. The van der Waals surface area contributed by atoms with Crippen molar-refractivity contribution in [3.63, 3.8) is 0 Å². The highest BCUT2D eigenvalue weighted by Gasteiger charge is 2.23. The van der Waals surface area contributed by atoms with Gasteiger partial charge in [0.15, 0.2) is 11.9 Å². The lowest BCUT2D eigenvalue weighted by molar-refractivity contribution is -0.132. The minimum atomic E-state index is -0.303. The molecule has 0 spiro atoms. The molecule has 0 aliphatic carbocycles. The molecule has 0 bridgehead atoms. The molecule has 2 aromatic carbocycles. The zero-order chi connectivity index (χ0) is 19.5. The molecule has 1 aliphatic rings. The number of nitrogens with zero attached hydrogens (tertiary/aromatic N) is 3. The van der Waals surface area contributed by atoms with Crippen LogP contribution in [-0.2, 0) is 11.3 Å². The lowest BCUT2D eigenvalue weighted by atomic mass is 10.1.